The number of ether oxygens (including phenoxy) is 1. The van der Waals surface area contributed by atoms with Gasteiger partial charge in [-0.25, -0.2) is 9.69 Å². The van der Waals surface area contributed by atoms with Gasteiger partial charge in [-0.3, -0.25) is 14.4 Å². The minimum Gasteiger partial charge on any atom is -0.478 e. The number of rotatable bonds is 6. The van der Waals surface area contributed by atoms with Crippen LogP contribution in [-0.4, -0.2) is 59.0 Å². The molecule has 0 unspecified atom stereocenters. The van der Waals surface area contributed by atoms with Gasteiger partial charge < -0.3 is 14.7 Å². The first-order valence-electron chi connectivity index (χ1n) is 8.93. The number of hydrogen-bond acceptors (Lipinski definition) is 5. The number of aliphatic carboxylic acids is 1. The van der Waals surface area contributed by atoms with Crippen molar-refractivity contribution in [2.24, 2.45) is 0 Å². The second-order valence-electron chi connectivity index (χ2n) is 6.65. The number of carboxylic acid groups (broad SMARTS) is 1. The van der Waals surface area contributed by atoms with Gasteiger partial charge in [0.2, 0.25) is 11.8 Å². The smallest absolute Gasteiger partial charge is 0.328 e. The molecule has 3 rings (SSSR count). The Labute approximate surface area is 176 Å². The van der Waals surface area contributed by atoms with E-state index in [1.54, 1.807) is 6.07 Å². The van der Waals surface area contributed by atoms with Crippen LogP contribution in [-0.2, 0) is 23.9 Å². The first-order chi connectivity index (χ1) is 13.8. The number of para-hydroxylation sites is 1. The molecule has 2 heterocycles. The van der Waals surface area contributed by atoms with Gasteiger partial charge in [-0.05, 0) is 25.0 Å². The highest BCUT2D eigenvalue weighted by atomic mass is 35.5. The van der Waals surface area contributed by atoms with Crippen LogP contribution < -0.4 is 4.90 Å². The second-order valence-corrected chi connectivity index (χ2v) is 7.47. The Hall–Kier alpha value is -2.42. The Morgan fingerprint density at radius 3 is 2.52 bits per heavy atom. The predicted molar refractivity (Wildman–Crippen MR) is 105 cm³/mol. The minimum absolute atomic E-state index is 0.0660. The molecule has 10 heteroatoms. The summed E-state index contributed by atoms with van der Waals surface area (Å²) < 4.78 is 5.54. The normalized spacial score (nSPS) is 21.9. The lowest BCUT2D eigenvalue weighted by atomic mass is 10.1. The second kappa shape index (κ2) is 8.94. The molecule has 1 N–H and O–H groups in total. The highest BCUT2D eigenvalue weighted by molar-refractivity contribution is 6.42. The summed E-state index contributed by atoms with van der Waals surface area (Å²) in [7, 11) is 0. The molecule has 0 saturated carbocycles. The molecule has 1 aromatic carbocycles. The number of nitrogens with zero attached hydrogens (tertiary/aromatic N) is 2. The standard InChI is InChI=1S/C19H18Cl2N2O6/c20-12-4-1-5-13(21)18(12)23-16(25)9-14(19(23)28)22(10-11-3-2-8-29-11)15(24)6-7-17(26)27/h1,4-7,11,14H,2-3,8-10H2,(H,26,27)/b7-6+/t11-,14-/m0/s1. The van der Waals surface area contributed by atoms with E-state index in [-0.39, 0.29) is 34.8 Å². The van der Waals surface area contributed by atoms with E-state index in [0.717, 1.165) is 17.4 Å². The van der Waals surface area contributed by atoms with E-state index in [9.17, 15) is 19.2 Å². The maximum Gasteiger partial charge on any atom is 0.328 e. The lowest BCUT2D eigenvalue weighted by Crippen LogP contribution is -2.48. The van der Waals surface area contributed by atoms with E-state index in [4.69, 9.17) is 33.0 Å². The Balaban J connectivity index is 1.91. The molecule has 8 nitrogen and oxygen atoms in total. The van der Waals surface area contributed by atoms with Crippen LogP contribution in [0.2, 0.25) is 10.0 Å². The first kappa shape index (κ1) is 21.3. The lowest BCUT2D eigenvalue weighted by Gasteiger charge is -2.29. The summed E-state index contributed by atoms with van der Waals surface area (Å²) in [5.74, 6) is -3.20. The lowest BCUT2D eigenvalue weighted by molar-refractivity contribution is -0.136. The van der Waals surface area contributed by atoms with Gasteiger partial charge in [-0.15, -0.1) is 0 Å². The van der Waals surface area contributed by atoms with Crippen molar-refractivity contribution in [3.8, 4) is 0 Å². The topological polar surface area (TPSA) is 104 Å². The van der Waals surface area contributed by atoms with Gasteiger partial charge in [0.25, 0.3) is 5.91 Å². The first-order valence-corrected chi connectivity index (χ1v) is 9.69. The van der Waals surface area contributed by atoms with Gasteiger partial charge in [0, 0.05) is 25.3 Å². The van der Waals surface area contributed by atoms with Gasteiger partial charge in [0.15, 0.2) is 0 Å². The third-order valence-corrected chi connectivity index (χ3v) is 5.35. The van der Waals surface area contributed by atoms with Crippen LogP contribution in [0, 0.1) is 0 Å². The number of amides is 3. The number of carboxylic acids is 1. The number of anilines is 1. The molecule has 2 atom stereocenters. The minimum atomic E-state index is -1.30. The zero-order valence-electron chi connectivity index (χ0n) is 15.2. The third-order valence-electron chi connectivity index (χ3n) is 4.74. The average Bonchev–Trinajstić information content (AvgIpc) is 3.27. The predicted octanol–water partition coefficient (Wildman–Crippen LogP) is 2.27. The van der Waals surface area contributed by atoms with Gasteiger partial charge in [-0.2, -0.15) is 0 Å². The van der Waals surface area contributed by atoms with E-state index in [1.165, 1.54) is 17.0 Å². The van der Waals surface area contributed by atoms with Crippen molar-refractivity contribution in [2.75, 3.05) is 18.1 Å². The maximum absolute atomic E-state index is 13.1. The summed E-state index contributed by atoms with van der Waals surface area (Å²) >= 11 is 12.3. The molecule has 3 amide bonds. The summed E-state index contributed by atoms with van der Waals surface area (Å²) in [4.78, 5) is 51.2. The highest BCUT2D eigenvalue weighted by Crippen LogP contribution is 2.37. The molecule has 0 spiro atoms. The van der Waals surface area contributed by atoms with Gasteiger partial charge in [0.05, 0.1) is 28.3 Å². The SMILES string of the molecule is O=C(O)/C=C/C(=O)N(C[C@@H]1CCCO1)[C@H]1CC(=O)N(c2c(Cl)cccc2Cl)C1=O. The van der Waals surface area contributed by atoms with Crippen molar-refractivity contribution in [2.45, 2.75) is 31.4 Å². The van der Waals surface area contributed by atoms with Crippen LogP contribution >= 0.6 is 23.2 Å². The molecule has 2 aliphatic rings. The fourth-order valence-corrected chi connectivity index (χ4v) is 3.98. The van der Waals surface area contributed by atoms with E-state index in [1.807, 2.05) is 0 Å². The average molecular weight is 441 g/mol. The molecule has 2 aliphatic heterocycles. The van der Waals surface area contributed by atoms with Crippen molar-refractivity contribution in [1.82, 2.24) is 4.90 Å². The number of benzene rings is 1. The molecule has 0 aliphatic carbocycles. The van der Waals surface area contributed by atoms with Crippen LogP contribution in [0.3, 0.4) is 0 Å². The van der Waals surface area contributed by atoms with Crippen molar-refractivity contribution < 1.29 is 29.0 Å². The number of hydrogen-bond donors (Lipinski definition) is 1. The summed E-state index contributed by atoms with van der Waals surface area (Å²) in [6.07, 6.45) is 2.50. The summed E-state index contributed by atoms with van der Waals surface area (Å²) in [6, 6.07) is 3.48. The number of imide groups is 1. The number of carbonyl (C=O) groups excluding carboxylic acids is 3. The van der Waals surface area contributed by atoms with Crippen molar-refractivity contribution >= 4 is 52.6 Å². The van der Waals surface area contributed by atoms with Crippen molar-refractivity contribution in [3.63, 3.8) is 0 Å². The molecule has 0 bridgehead atoms. The van der Waals surface area contributed by atoms with Crippen LogP contribution in [0.15, 0.2) is 30.4 Å². The molecule has 2 saturated heterocycles. The zero-order valence-corrected chi connectivity index (χ0v) is 16.7. The van der Waals surface area contributed by atoms with Crippen LogP contribution in [0.5, 0.6) is 0 Å². The van der Waals surface area contributed by atoms with E-state index < -0.39 is 29.7 Å². The van der Waals surface area contributed by atoms with Gasteiger partial charge >= 0.3 is 5.97 Å². The van der Waals surface area contributed by atoms with Crippen molar-refractivity contribution in [1.29, 1.82) is 0 Å². The Kier molecular flexibility index (Phi) is 6.56. The molecule has 0 aromatic heterocycles. The van der Waals surface area contributed by atoms with E-state index in [2.05, 4.69) is 0 Å². The number of carbonyl (C=O) groups is 4. The van der Waals surface area contributed by atoms with E-state index in [0.29, 0.717) is 19.1 Å². The molecule has 2 fully saturated rings. The van der Waals surface area contributed by atoms with Crippen molar-refractivity contribution in [3.05, 3.63) is 40.4 Å². The fraction of sp³-hybridized carbons (Fsp3) is 0.368. The van der Waals surface area contributed by atoms with Gasteiger partial charge in [0.1, 0.15) is 6.04 Å². The molecular weight excluding hydrogens is 423 g/mol. The fourth-order valence-electron chi connectivity index (χ4n) is 3.41. The Morgan fingerprint density at radius 1 is 1.24 bits per heavy atom. The summed E-state index contributed by atoms with van der Waals surface area (Å²) in [5, 5.41) is 9.05. The monoisotopic (exact) mass is 440 g/mol. The van der Waals surface area contributed by atoms with Crippen LogP contribution in [0.1, 0.15) is 19.3 Å². The highest BCUT2D eigenvalue weighted by Gasteiger charge is 2.46. The van der Waals surface area contributed by atoms with Crippen LogP contribution in [0.25, 0.3) is 0 Å². The summed E-state index contributed by atoms with van der Waals surface area (Å²) in [5.41, 5.74) is 0.0685. The molecule has 29 heavy (non-hydrogen) atoms. The summed E-state index contributed by atoms with van der Waals surface area (Å²) in [6.45, 7) is 0.604. The van der Waals surface area contributed by atoms with Gasteiger partial charge in [-0.1, -0.05) is 29.3 Å². The largest absolute Gasteiger partial charge is 0.478 e. The molecule has 0 radical (unpaired) electrons. The molecule has 1 aromatic rings. The zero-order chi connectivity index (χ0) is 21.1. The molecule has 154 valence electrons. The third kappa shape index (κ3) is 4.60. The Bertz CT molecular complexity index is 861. The number of halogens is 2. The maximum atomic E-state index is 13.1. The quantitative estimate of drug-likeness (QED) is 0.537. The van der Waals surface area contributed by atoms with E-state index >= 15 is 0 Å². The molecular formula is C19H18Cl2N2O6. The van der Waals surface area contributed by atoms with Crippen LogP contribution in [0.4, 0.5) is 5.69 Å². The Morgan fingerprint density at radius 2 is 1.93 bits per heavy atom.